The smallest absolute Gasteiger partial charge is 0.0103 e. The van der Waals surface area contributed by atoms with E-state index in [1.165, 1.54) is 25.7 Å². The number of allylic oxidation sites excluding steroid dienone is 4. The first-order valence-electron chi connectivity index (χ1n) is 7.00. The third kappa shape index (κ3) is 2.68. The van der Waals surface area contributed by atoms with E-state index in [0.29, 0.717) is 0 Å². The van der Waals surface area contributed by atoms with E-state index in [0.717, 1.165) is 19.3 Å². The van der Waals surface area contributed by atoms with Crippen LogP contribution >= 0.6 is 0 Å². The van der Waals surface area contributed by atoms with Crippen molar-refractivity contribution in [1.29, 1.82) is 0 Å². The average Bonchev–Trinajstić information content (AvgIpc) is 2.34. The molecule has 1 saturated carbocycles. The van der Waals surface area contributed by atoms with E-state index >= 15 is 0 Å². The number of rotatable bonds is 8. The molecule has 1 rings (SSSR count). The standard InChI is InChI=1S/C18H27/c1-5-11-17(12-6-2)15-9-10-16-18(17,13-7-3)14-8-4/h5-8,11H,1-4,9-10,12-16H2. The summed E-state index contributed by atoms with van der Waals surface area (Å²) in [5.74, 6) is 0. The van der Waals surface area contributed by atoms with Crippen LogP contribution in [0.5, 0.6) is 0 Å². The predicted octanol–water partition coefficient (Wildman–Crippen LogP) is 5.65. The quantitative estimate of drug-likeness (QED) is 0.483. The van der Waals surface area contributed by atoms with Gasteiger partial charge in [0.25, 0.3) is 0 Å². The Morgan fingerprint density at radius 2 is 1.33 bits per heavy atom. The zero-order valence-corrected chi connectivity index (χ0v) is 11.7. The van der Waals surface area contributed by atoms with Gasteiger partial charge < -0.3 is 0 Å². The molecule has 1 radical (unpaired) electrons. The summed E-state index contributed by atoms with van der Waals surface area (Å²) in [6.07, 6.45) is 18.7. The minimum Gasteiger partial charge on any atom is -0.103 e. The van der Waals surface area contributed by atoms with Gasteiger partial charge in [-0.15, -0.1) is 26.3 Å². The van der Waals surface area contributed by atoms with Gasteiger partial charge in [0.2, 0.25) is 0 Å². The molecule has 1 unspecified atom stereocenters. The summed E-state index contributed by atoms with van der Waals surface area (Å²) in [4.78, 5) is 0. The molecule has 0 bridgehead atoms. The minimum absolute atomic E-state index is 0.192. The Morgan fingerprint density at radius 1 is 0.778 bits per heavy atom. The van der Waals surface area contributed by atoms with Crippen LogP contribution in [0.25, 0.3) is 0 Å². The molecule has 0 aromatic heterocycles. The highest BCUT2D eigenvalue weighted by molar-refractivity contribution is 5.16. The Morgan fingerprint density at radius 3 is 1.83 bits per heavy atom. The normalized spacial score (nSPS) is 20.9. The molecule has 0 amide bonds. The second-order valence-corrected chi connectivity index (χ2v) is 5.52. The van der Waals surface area contributed by atoms with E-state index in [1.807, 2.05) is 6.08 Å². The molecule has 1 aliphatic carbocycles. The van der Waals surface area contributed by atoms with Gasteiger partial charge in [-0.25, -0.2) is 0 Å². The summed E-state index contributed by atoms with van der Waals surface area (Å²) in [5.41, 5.74) is 0.453. The first-order chi connectivity index (χ1) is 8.70. The topological polar surface area (TPSA) is 0 Å². The maximum Gasteiger partial charge on any atom is -0.0103 e. The molecular weight excluding hydrogens is 216 g/mol. The Balaban J connectivity index is 3.17. The van der Waals surface area contributed by atoms with Crippen molar-refractivity contribution in [2.24, 2.45) is 10.8 Å². The largest absolute Gasteiger partial charge is 0.103 e. The maximum absolute atomic E-state index is 3.97. The van der Waals surface area contributed by atoms with Crippen LogP contribution in [0.4, 0.5) is 0 Å². The molecule has 0 spiro atoms. The van der Waals surface area contributed by atoms with Crippen LogP contribution in [0.15, 0.2) is 50.6 Å². The maximum atomic E-state index is 3.97. The molecular formula is C18H27. The summed E-state index contributed by atoms with van der Waals surface area (Å²) in [6.45, 7) is 15.8. The summed E-state index contributed by atoms with van der Waals surface area (Å²) < 4.78 is 0. The molecule has 1 aliphatic rings. The SMILES string of the molecule is C=C[CH]C1(CC=C)CCCCC1(CC=C)CC=C. The van der Waals surface area contributed by atoms with Crippen molar-refractivity contribution in [3.05, 3.63) is 57.0 Å². The van der Waals surface area contributed by atoms with Gasteiger partial charge in [-0.3, -0.25) is 0 Å². The van der Waals surface area contributed by atoms with Crippen molar-refractivity contribution in [3.8, 4) is 0 Å². The summed E-state index contributed by atoms with van der Waals surface area (Å²) in [7, 11) is 0. The predicted molar refractivity (Wildman–Crippen MR) is 82.3 cm³/mol. The van der Waals surface area contributed by atoms with Gasteiger partial charge in [-0.05, 0) is 49.4 Å². The lowest BCUT2D eigenvalue weighted by atomic mass is 9.51. The first-order valence-corrected chi connectivity index (χ1v) is 7.00. The fraction of sp³-hybridized carbons (Fsp3) is 0.500. The van der Waals surface area contributed by atoms with Crippen LogP contribution in [0.1, 0.15) is 44.9 Å². The molecule has 0 heterocycles. The molecule has 0 aromatic rings. The van der Waals surface area contributed by atoms with Crippen molar-refractivity contribution in [3.63, 3.8) is 0 Å². The van der Waals surface area contributed by atoms with Crippen molar-refractivity contribution in [1.82, 2.24) is 0 Å². The highest BCUT2D eigenvalue weighted by Crippen LogP contribution is 2.59. The van der Waals surface area contributed by atoms with Crippen LogP contribution in [0, 0.1) is 17.3 Å². The lowest BCUT2D eigenvalue weighted by Gasteiger charge is -2.53. The Kier molecular flexibility index (Phi) is 5.65. The molecule has 0 saturated heterocycles. The molecule has 1 atom stereocenters. The molecule has 0 heteroatoms. The van der Waals surface area contributed by atoms with Crippen LogP contribution in [0.3, 0.4) is 0 Å². The zero-order valence-electron chi connectivity index (χ0n) is 11.7. The summed E-state index contributed by atoms with van der Waals surface area (Å²) in [6, 6.07) is 0. The van der Waals surface area contributed by atoms with Crippen LogP contribution in [0.2, 0.25) is 0 Å². The van der Waals surface area contributed by atoms with Gasteiger partial charge in [0.1, 0.15) is 0 Å². The molecule has 1 fully saturated rings. The lowest BCUT2D eigenvalue weighted by Crippen LogP contribution is -2.44. The average molecular weight is 243 g/mol. The van der Waals surface area contributed by atoms with Crippen LogP contribution in [-0.2, 0) is 0 Å². The third-order valence-electron chi connectivity index (χ3n) is 4.60. The molecule has 99 valence electrons. The molecule has 0 N–H and O–H groups in total. The number of hydrogen-bond acceptors (Lipinski definition) is 0. The molecule has 0 aliphatic heterocycles. The Hall–Kier alpha value is -1.04. The van der Waals surface area contributed by atoms with Crippen LogP contribution < -0.4 is 0 Å². The van der Waals surface area contributed by atoms with E-state index in [1.54, 1.807) is 0 Å². The Bertz CT molecular complexity index is 256. The van der Waals surface area contributed by atoms with Gasteiger partial charge in [0, 0.05) is 0 Å². The van der Waals surface area contributed by atoms with E-state index in [9.17, 15) is 0 Å². The van der Waals surface area contributed by atoms with Gasteiger partial charge in [-0.2, -0.15) is 0 Å². The monoisotopic (exact) mass is 243 g/mol. The highest BCUT2D eigenvalue weighted by atomic mass is 14.5. The lowest BCUT2D eigenvalue weighted by molar-refractivity contribution is 0.0220. The minimum atomic E-state index is 0.192. The Labute approximate surface area is 113 Å². The summed E-state index contributed by atoms with van der Waals surface area (Å²) in [5, 5.41) is 0. The van der Waals surface area contributed by atoms with E-state index in [2.05, 4.69) is 51.0 Å². The van der Waals surface area contributed by atoms with Gasteiger partial charge in [-0.1, -0.05) is 37.1 Å². The fourth-order valence-corrected chi connectivity index (χ4v) is 3.79. The fourth-order valence-electron chi connectivity index (χ4n) is 3.79. The van der Waals surface area contributed by atoms with Crippen molar-refractivity contribution in [2.45, 2.75) is 44.9 Å². The second-order valence-electron chi connectivity index (χ2n) is 5.52. The van der Waals surface area contributed by atoms with E-state index in [4.69, 9.17) is 0 Å². The zero-order chi connectivity index (χ0) is 13.5. The molecule has 0 aromatic carbocycles. The first kappa shape index (κ1) is 15.0. The van der Waals surface area contributed by atoms with Crippen LogP contribution in [-0.4, -0.2) is 0 Å². The number of hydrogen-bond donors (Lipinski definition) is 0. The van der Waals surface area contributed by atoms with E-state index in [-0.39, 0.29) is 10.8 Å². The van der Waals surface area contributed by atoms with Gasteiger partial charge in [0.15, 0.2) is 0 Å². The summed E-state index contributed by atoms with van der Waals surface area (Å²) >= 11 is 0. The van der Waals surface area contributed by atoms with Crippen molar-refractivity contribution >= 4 is 0 Å². The molecule has 0 nitrogen and oxygen atoms in total. The van der Waals surface area contributed by atoms with Crippen molar-refractivity contribution in [2.75, 3.05) is 0 Å². The third-order valence-corrected chi connectivity index (χ3v) is 4.60. The second kappa shape index (κ2) is 6.78. The highest BCUT2D eigenvalue weighted by Gasteiger charge is 2.49. The van der Waals surface area contributed by atoms with E-state index < -0.39 is 0 Å². The van der Waals surface area contributed by atoms with Gasteiger partial charge >= 0.3 is 0 Å². The van der Waals surface area contributed by atoms with Crippen molar-refractivity contribution < 1.29 is 0 Å². The van der Waals surface area contributed by atoms with Gasteiger partial charge in [0.05, 0.1) is 0 Å². The molecule has 18 heavy (non-hydrogen) atoms.